The number of aliphatic hydroxyl groups excluding tert-OH is 1. The van der Waals surface area contributed by atoms with Gasteiger partial charge in [0, 0.05) is 0 Å². The molecule has 5 nitrogen and oxygen atoms in total. The van der Waals surface area contributed by atoms with Crippen LogP contribution >= 0.6 is 0 Å². The number of hydrogen-bond acceptors (Lipinski definition) is 3. The lowest BCUT2D eigenvalue weighted by atomic mass is 10.3. The van der Waals surface area contributed by atoms with Crippen LogP contribution < -0.4 is 11.1 Å². The summed E-state index contributed by atoms with van der Waals surface area (Å²) < 4.78 is 0. The van der Waals surface area contributed by atoms with E-state index in [4.69, 9.17) is 10.8 Å². The molecule has 64 valence electrons. The Balaban J connectivity index is 3.45. The predicted octanol–water partition coefficient (Wildman–Crippen LogP) is -1.64. The van der Waals surface area contributed by atoms with Gasteiger partial charge in [0.2, 0.25) is 11.8 Å². The van der Waals surface area contributed by atoms with Crippen molar-refractivity contribution in [3.63, 3.8) is 0 Å². The first-order valence-electron chi connectivity index (χ1n) is 3.25. The lowest BCUT2D eigenvalue weighted by molar-refractivity contribution is -0.126. The van der Waals surface area contributed by atoms with Gasteiger partial charge in [-0.2, -0.15) is 0 Å². The van der Waals surface area contributed by atoms with Crippen molar-refractivity contribution in [2.24, 2.45) is 5.73 Å². The number of hydrogen-bond donors (Lipinski definition) is 3. The third kappa shape index (κ3) is 6.79. The summed E-state index contributed by atoms with van der Waals surface area (Å²) in [7, 11) is 0. The number of carbonyl (C=O) groups excluding carboxylic acids is 2. The van der Waals surface area contributed by atoms with Crippen LogP contribution in [0.2, 0.25) is 0 Å². The summed E-state index contributed by atoms with van der Waals surface area (Å²) in [6.45, 7) is 1.31. The summed E-state index contributed by atoms with van der Waals surface area (Å²) >= 11 is 0. The maximum absolute atomic E-state index is 10.7. The topological polar surface area (TPSA) is 92.4 Å². The van der Waals surface area contributed by atoms with Crippen molar-refractivity contribution in [2.75, 3.05) is 6.54 Å². The SMILES string of the molecule is CC(O)CC(=O)NCC(N)=O. The summed E-state index contributed by atoms with van der Waals surface area (Å²) in [5.74, 6) is -0.970. The van der Waals surface area contributed by atoms with E-state index in [1.54, 1.807) is 0 Å². The van der Waals surface area contributed by atoms with Crippen LogP contribution in [-0.2, 0) is 9.59 Å². The molecule has 2 amide bonds. The van der Waals surface area contributed by atoms with Gasteiger partial charge in [-0.15, -0.1) is 0 Å². The molecule has 0 aromatic rings. The number of aliphatic hydroxyl groups is 1. The first-order valence-corrected chi connectivity index (χ1v) is 3.25. The van der Waals surface area contributed by atoms with E-state index in [-0.39, 0.29) is 18.9 Å². The summed E-state index contributed by atoms with van der Waals surface area (Å²) in [4.78, 5) is 20.8. The Morgan fingerprint density at radius 1 is 1.64 bits per heavy atom. The second-order valence-corrected chi connectivity index (χ2v) is 2.30. The molecule has 4 N–H and O–H groups in total. The normalized spacial score (nSPS) is 12.2. The van der Waals surface area contributed by atoms with Crippen molar-refractivity contribution in [1.29, 1.82) is 0 Å². The number of rotatable bonds is 4. The fraction of sp³-hybridized carbons (Fsp3) is 0.667. The first kappa shape index (κ1) is 9.90. The molecule has 0 saturated carbocycles. The van der Waals surface area contributed by atoms with E-state index in [1.807, 2.05) is 0 Å². The number of amides is 2. The van der Waals surface area contributed by atoms with Crippen LogP contribution in [0.15, 0.2) is 0 Å². The molecule has 0 aliphatic heterocycles. The van der Waals surface area contributed by atoms with Gasteiger partial charge in [-0.3, -0.25) is 9.59 Å². The average Bonchev–Trinajstić information content (AvgIpc) is 1.82. The Bertz CT molecular complexity index is 156. The molecule has 0 bridgehead atoms. The standard InChI is InChI=1S/C6H12N2O3/c1-4(9)2-6(11)8-3-5(7)10/h4,9H,2-3H2,1H3,(H2,7,10)(H,8,11). The van der Waals surface area contributed by atoms with E-state index in [1.165, 1.54) is 6.92 Å². The van der Waals surface area contributed by atoms with Gasteiger partial charge < -0.3 is 16.2 Å². The lowest BCUT2D eigenvalue weighted by Crippen LogP contribution is -2.34. The molecule has 0 rings (SSSR count). The zero-order chi connectivity index (χ0) is 8.85. The predicted molar refractivity (Wildman–Crippen MR) is 38.5 cm³/mol. The quantitative estimate of drug-likeness (QED) is 0.460. The molecular formula is C6H12N2O3. The molecule has 0 radical (unpaired) electrons. The summed E-state index contributed by atoms with van der Waals surface area (Å²) in [5.41, 5.74) is 4.76. The van der Waals surface area contributed by atoms with Crippen LogP contribution in [0, 0.1) is 0 Å². The van der Waals surface area contributed by atoms with Gasteiger partial charge in [0.1, 0.15) is 0 Å². The van der Waals surface area contributed by atoms with Gasteiger partial charge in [-0.05, 0) is 6.92 Å². The van der Waals surface area contributed by atoms with Crippen molar-refractivity contribution in [3.05, 3.63) is 0 Å². The molecule has 11 heavy (non-hydrogen) atoms. The first-order chi connectivity index (χ1) is 5.02. The zero-order valence-electron chi connectivity index (χ0n) is 6.33. The van der Waals surface area contributed by atoms with Gasteiger partial charge in [0.25, 0.3) is 0 Å². The Kier molecular flexibility index (Phi) is 4.21. The Morgan fingerprint density at radius 2 is 2.18 bits per heavy atom. The molecule has 1 atom stereocenters. The zero-order valence-corrected chi connectivity index (χ0v) is 6.33. The van der Waals surface area contributed by atoms with Crippen LogP contribution in [0.1, 0.15) is 13.3 Å². The Hall–Kier alpha value is -1.10. The molecular weight excluding hydrogens is 148 g/mol. The highest BCUT2D eigenvalue weighted by atomic mass is 16.3. The van der Waals surface area contributed by atoms with E-state index in [0.717, 1.165) is 0 Å². The van der Waals surface area contributed by atoms with Gasteiger partial charge in [-0.1, -0.05) is 0 Å². The number of nitrogens with one attached hydrogen (secondary N) is 1. The molecule has 5 heteroatoms. The lowest BCUT2D eigenvalue weighted by Gasteiger charge is -2.03. The molecule has 0 fully saturated rings. The average molecular weight is 160 g/mol. The fourth-order valence-corrected chi connectivity index (χ4v) is 0.526. The molecule has 0 saturated heterocycles. The summed E-state index contributed by atoms with van der Waals surface area (Å²) in [5, 5.41) is 11.0. The van der Waals surface area contributed by atoms with E-state index < -0.39 is 12.0 Å². The second-order valence-electron chi connectivity index (χ2n) is 2.30. The third-order valence-corrected chi connectivity index (χ3v) is 0.941. The maximum Gasteiger partial charge on any atom is 0.236 e. The van der Waals surface area contributed by atoms with Gasteiger partial charge >= 0.3 is 0 Å². The van der Waals surface area contributed by atoms with Gasteiger partial charge in [0.15, 0.2) is 0 Å². The highest BCUT2D eigenvalue weighted by Crippen LogP contribution is 1.87. The number of carbonyl (C=O) groups is 2. The third-order valence-electron chi connectivity index (χ3n) is 0.941. The van der Waals surface area contributed by atoms with Gasteiger partial charge in [0.05, 0.1) is 19.1 Å². The maximum atomic E-state index is 10.7. The van der Waals surface area contributed by atoms with Crippen LogP contribution in [-0.4, -0.2) is 29.6 Å². The van der Waals surface area contributed by atoms with Crippen molar-refractivity contribution >= 4 is 11.8 Å². The van der Waals surface area contributed by atoms with Crippen molar-refractivity contribution < 1.29 is 14.7 Å². The van der Waals surface area contributed by atoms with E-state index in [9.17, 15) is 9.59 Å². The molecule has 0 aliphatic rings. The van der Waals surface area contributed by atoms with E-state index >= 15 is 0 Å². The smallest absolute Gasteiger partial charge is 0.236 e. The highest BCUT2D eigenvalue weighted by molar-refractivity contribution is 5.83. The monoisotopic (exact) mass is 160 g/mol. The Morgan fingerprint density at radius 3 is 2.55 bits per heavy atom. The minimum atomic E-state index is -0.692. The summed E-state index contributed by atoms with van der Waals surface area (Å²) in [6, 6.07) is 0. The van der Waals surface area contributed by atoms with Crippen LogP contribution in [0.3, 0.4) is 0 Å². The van der Waals surface area contributed by atoms with Crippen LogP contribution in [0.25, 0.3) is 0 Å². The van der Waals surface area contributed by atoms with Gasteiger partial charge in [-0.25, -0.2) is 0 Å². The number of nitrogens with two attached hydrogens (primary N) is 1. The number of primary amides is 1. The van der Waals surface area contributed by atoms with E-state index in [2.05, 4.69) is 5.32 Å². The molecule has 0 aliphatic carbocycles. The largest absolute Gasteiger partial charge is 0.393 e. The minimum Gasteiger partial charge on any atom is -0.393 e. The fourth-order valence-electron chi connectivity index (χ4n) is 0.526. The van der Waals surface area contributed by atoms with Crippen molar-refractivity contribution in [2.45, 2.75) is 19.4 Å². The summed E-state index contributed by atoms with van der Waals surface area (Å²) in [6.07, 6.45) is -0.698. The molecule has 0 heterocycles. The van der Waals surface area contributed by atoms with E-state index in [0.29, 0.717) is 0 Å². The molecule has 1 unspecified atom stereocenters. The van der Waals surface area contributed by atoms with Crippen molar-refractivity contribution in [1.82, 2.24) is 5.32 Å². The Labute approximate surface area is 64.6 Å². The van der Waals surface area contributed by atoms with Crippen LogP contribution in [0.4, 0.5) is 0 Å². The molecule has 0 aromatic heterocycles. The minimum absolute atomic E-state index is 0.00667. The highest BCUT2D eigenvalue weighted by Gasteiger charge is 2.05. The molecule has 0 aromatic carbocycles. The molecule has 0 spiro atoms. The van der Waals surface area contributed by atoms with Crippen LogP contribution in [0.5, 0.6) is 0 Å². The second kappa shape index (κ2) is 4.68. The van der Waals surface area contributed by atoms with Crippen molar-refractivity contribution in [3.8, 4) is 0 Å².